The average Bonchev–Trinajstić information content (AvgIpc) is 2.80. The predicted octanol–water partition coefficient (Wildman–Crippen LogP) is 1.91. The van der Waals surface area contributed by atoms with Gasteiger partial charge in [0.15, 0.2) is 0 Å². The summed E-state index contributed by atoms with van der Waals surface area (Å²) in [6.07, 6.45) is 0. The first-order valence-corrected chi connectivity index (χ1v) is 7.80. The van der Waals surface area contributed by atoms with E-state index in [-0.39, 0.29) is 30.9 Å². The first-order chi connectivity index (χ1) is 11.5. The summed E-state index contributed by atoms with van der Waals surface area (Å²) in [6, 6.07) is 13.2. The van der Waals surface area contributed by atoms with Gasteiger partial charge < -0.3 is 10.2 Å². The summed E-state index contributed by atoms with van der Waals surface area (Å²) in [5.74, 6) is -0.706. The van der Waals surface area contributed by atoms with E-state index in [2.05, 4.69) is 5.32 Å². The second-order valence-corrected chi connectivity index (χ2v) is 5.98. The Morgan fingerprint density at radius 2 is 1.88 bits per heavy atom. The summed E-state index contributed by atoms with van der Waals surface area (Å²) < 4.78 is 0. The third-order valence-electron chi connectivity index (χ3n) is 4.20. The number of nitrogens with zero attached hydrogens (tertiary/aromatic N) is 2. The van der Waals surface area contributed by atoms with E-state index in [0.717, 1.165) is 21.2 Å². The third-order valence-corrected chi connectivity index (χ3v) is 4.20. The lowest BCUT2D eigenvalue weighted by atomic mass is 10.00. The maximum absolute atomic E-state index is 12.2. The summed E-state index contributed by atoms with van der Waals surface area (Å²) in [7, 11) is 1.54. The number of hydrogen-bond acceptors (Lipinski definition) is 3. The van der Waals surface area contributed by atoms with Crippen molar-refractivity contribution >= 4 is 28.6 Å². The Hall–Kier alpha value is -2.89. The Labute approximate surface area is 140 Å². The lowest BCUT2D eigenvalue weighted by Gasteiger charge is -2.19. The molecule has 1 heterocycles. The number of carbonyl (C=O) groups excluding carboxylic acids is 3. The SMILES string of the molecule is C[C@@H](NC(=O)CN1C(=O)CN(C)C1=O)c1cccc2ccccc12. The van der Waals surface area contributed by atoms with Crippen LogP contribution in [0.1, 0.15) is 18.5 Å². The van der Waals surface area contributed by atoms with Crippen LogP contribution in [0.25, 0.3) is 10.8 Å². The molecule has 1 N–H and O–H groups in total. The fourth-order valence-electron chi connectivity index (χ4n) is 2.96. The fraction of sp³-hybridized carbons (Fsp3) is 0.278. The molecule has 1 aliphatic rings. The van der Waals surface area contributed by atoms with Crippen LogP contribution in [-0.4, -0.2) is 47.8 Å². The van der Waals surface area contributed by atoms with Gasteiger partial charge in [-0.25, -0.2) is 4.79 Å². The second kappa shape index (κ2) is 6.31. The number of carbonyl (C=O) groups is 3. The molecule has 6 nitrogen and oxygen atoms in total. The topological polar surface area (TPSA) is 69.7 Å². The Kier molecular flexibility index (Phi) is 4.20. The van der Waals surface area contributed by atoms with Gasteiger partial charge in [0.05, 0.1) is 6.04 Å². The number of fused-ring (bicyclic) bond motifs is 1. The van der Waals surface area contributed by atoms with E-state index in [1.54, 1.807) is 0 Å². The zero-order valence-corrected chi connectivity index (χ0v) is 13.7. The van der Waals surface area contributed by atoms with Crippen molar-refractivity contribution < 1.29 is 14.4 Å². The molecule has 0 aliphatic carbocycles. The van der Waals surface area contributed by atoms with Crippen molar-refractivity contribution in [2.75, 3.05) is 20.1 Å². The van der Waals surface area contributed by atoms with Crippen molar-refractivity contribution in [1.82, 2.24) is 15.1 Å². The van der Waals surface area contributed by atoms with Crippen molar-refractivity contribution in [1.29, 1.82) is 0 Å². The number of nitrogens with one attached hydrogen (secondary N) is 1. The summed E-state index contributed by atoms with van der Waals surface area (Å²) in [6.45, 7) is 1.65. The standard InChI is InChI=1S/C18H19N3O3/c1-12(14-9-5-7-13-6-3-4-8-15(13)14)19-16(22)10-21-17(23)11-20(2)18(21)24/h3-9,12H,10-11H2,1-2H3,(H,19,22)/t12-/m1/s1. The summed E-state index contributed by atoms with van der Waals surface area (Å²) in [5.41, 5.74) is 0.998. The van der Waals surface area contributed by atoms with E-state index in [9.17, 15) is 14.4 Å². The van der Waals surface area contributed by atoms with E-state index in [1.807, 2.05) is 49.4 Å². The minimum atomic E-state index is -0.437. The van der Waals surface area contributed by atoms with E-state index >= 15 is 0 Å². The highest BCUT2D eigenvalue weighted by molar-refractivity contribution is 6.04. The molecule has 4 amide bonds. The van der Waals surface area contributed by atoms with E-state index in [1.165, 1.54) is 11.9 Å². The number of amides is 4. The monoisotopic (exact) mass is 325 g/mol. The molecule has 2 aromatic rings. The smallest absolute Gasteiger partial charge is 0.327 e. The highest BCUT2D eigenvalue weighted by atomic mass is 16.2. The Bertz CT molecular complexity index is 813. The van der Waals surface area contributed by atoms with Gasteiger partial charge in [-0.2, -0.15) is 0 Å². The molecule has 0 spiro atoms. The van der Waals surface area contributed by atoms with Gasteiger partial charge in [-0.15, -0.1) is 0 Å². The molecule has 1 aliphatic heterocycles. The van der Waals surface area contributed by atoms with Crippen LogP contribution in [0, 0.1) is 0 Å². The highest BCUT2D eigenvalue weighted by Crippen LogP contribution is 2.24. The molecule has 3 rings (SSSR count). The van der Waals surface area contributed by atoms with Crippen LogP contribution >= 0.6 is 0 Å². The quantitative estimate of drug-likeness (QED) is 0.873. The zero-order valence-electron chi connectivity index (χ0n) is 13.7. The minimum absolute atomic E-state index is 0.0188. The number of imide groups is 1. The van der Waals surface area contributed by atoms with Gasteiger partial charge in [-0.1, -0.05) is 42.5 Å². The first-order valence-electron chi connectivity index (χ1n) is 7.80. The highest BCUT2D eigenvalue weighted by Gasteiger charge is 2.34. The lowest BCUT2D eigenvalue weighted by Crippen LogP contribution is -2.41. The second-order valence-electron chi connectivity index (χ2n) is 5.98. The van der Waals surface area contributed by atoms with Crippen molar-refractivity contribution in [2.45, 2.75) is 13.0 Å². The van der Waals surface area contributed by atoms with Gasteiger partial charge in [0.2, 0.25) is 5.91 Å². The van der Waals surface area contributed by atoms with Crippen LogP contribution in [0.5, 0.6) is 0 Å². The normalized spacial score (nSPS) is 15.9. The first kappa shape index (κ1) is 16.0. The number of likely N-dealkylation sites (N-methyl/N-ethyl adjacent to an activating group) is 1. The Balaban J connectivity index is 1.72. The molecular weight excluding hydrogens is 306 g/mol. The average molecular weight is 325 g/mol. The molecule has 2 aromatic carbocycles. The van der Waals surface area contributed by atoms with Crippen molar-refractivity contribution in [2.24, 2.45) is 0 Å². The minimum Gasteiger partial charge on any atom is -0.348 e. The van der Waals surface area contributed by atoms with Gasteiger partial charge in [0.1, 0.15) is 13.1 Å². The summed E-state index contributed by atoms with van der Waals surface area (Å²) >= 11 is 0. The maximum atomic E-state index is 12.2. The maximum Gasteiger partial charge on any atom is 0.327 e. The van der Waals surface area contributed by atoms with Gasteiger partial charge in [0, 0.05) is 7.05 Å². The van der Waals surface area contributed by atoms with E-state index in [4.69, 9.17) is 0 Å². The number of rotatable bonds is 4. The molecule has 6 heteroatoms. The third kappa shape index (κ3) is 2.95. The van der Waals surface area contributed by atoms with Crippen LogP contribution < -0.4 is 5.32 Å². The molecular formula is C18H19N3O3. The largest absolute Gasteiger partial charge is 0.348 e. The van der Waals surface area contributed by atoms with E-state index in [0.29, 0.717) is 0 Å². The van der Waals surface area contributed by atoms with Gasteiger partial charge in [-0.3, -0.25) is 14.5 Å². The molecule has 124 valence electrons. The molecule has 1 atom stereocenters. The van der Waals surface area contributed by atoms with Crippen LogP contribution in [-0.2, 0) is 9.59 Å². The predicted molar refractivity (Wildman–Crippen MR) is 90.2 cm³/mol. The summed E-state index contributed by atoms with van der Waals surface area (Å²) in [4.78, 5) is 38.1. The number of benzene rings is 2. The summed E-state index contributed by atoms with van der Waals surface area (Å²) in [5, 5.41) is 5.04. The Morgan fingerprint density at radius 3 is 2.58 bits per heavy atom. The molecule has 0 saturated carbocycles. The molecule has 0 unspecified atom stereocenters. The van der Waals surface area contributed by atoms with Gasteiger partial charge >= 0.3 is 6.03 Å². The van der Waals surface area contributed by atoms with Crippen LogP contribution in [0.4, 0.5) is 4.79 Å². The van der Waals surface area contributed by atoms with Crippen molar-refractivity contribution in [3.05, 3.63) is 48.0 Å². The van der Waals surface area contributed by atoms with Crippen molar-refractivity contribution in [3.63, 3.8) is 0 Å². The number of hydrogen-bond donors (Lipinski definition) is 1. The number of urea groups is 1. The van der Waals surface area contributed by atoms with Gasteiger partial charge in [0.25, 0.3) is 5.91 Å². The van der Waals surface area contributed by atoms with Crippen LogP contribution in [0.3, 0.4) is 0 Å². The molecule has 24 heavy (non-hydrogen) atoms. The zero-order chi connectivity index (χ0) is 17.3. The molecule has 1 fully saturated rings. The van der Waals surface area contributed by atoms with E-state index < -0.39 is 6.03 Å². The molecule has 0 radical (unpaired) electrons. The lowest BCUT2D eigenvalue weighted by molar-refractivity contribution is -0.131. The molecule has 0 aromatic heterocycles. The van der Waals surface area contributed by atoms with Gasteiger partial charge in [-0.05, 0) is 23.3 Å². The molecule has 1 saturated heterocycles. The Morgan fingerprint density at radius 1 is 1.17 bits per heavy atom. The molecule has 0 bridgehead atoms. The fourth-order valence-corrected chi connectivity index (χ4v) is 2.96. The van der Waals surface area contributed by atoms with Crippen LogP contribution in [0.2, 0.25) is 0 Å². The van der Waals surface area contributed by atoms with Crippen molar-refractivity contribution in [3.8, 4) is 0 Å². The van der Waals surface area contributed by atoms with Crippen LogP contribution in [0.15, 0.2) is 42.5 Å².